The van der Waals surface area contributed by atoms with E-state index in [4.69, 9.17) is 0 Å². The van der Waals surface area contributed by atoms with Gasteiger partial charge in [-0.05, 0) is 49.6 Å². The van der Waals surface area contributed by atoms with Crippen molar-refractivity contribution < 1.29 is 13.2 Å². The number of nitrogens with one attached hydrogen (secondary N) is 1. The second kappa shape index (κ2) is 10.3. The Kier molecular flexibility index (Phi) is 7.26. The molecule has 0 heterocycles. The van der Waals surface area contributed by atoms with Crippen molar-refractivity contribution in [2.75, 3.05) is 0 Å². The SMILES string of the molecule is Cc1ccc(S(=O)(=O)N[C@@H]2CCCC[C@H]2/[N+]([O-])=C(\Cc2ccccc2)c2ccccc2)cc1. The van der Waals surface area contributed by atoms with E-state index < -0.39 is 22.1 Å². The lowest BCUT2D eigenvalue weighted by Gasteiger charge is -2.31. The van der Waals surface area contributed by atoms with Crippen molar-refractivity contribution in [3.05, 3.63) is 107 Å². The molecule has 0 unspecified atom stereocenters. The highest BCUT2D eigenvalue weighted by molar-refractivity contribution is 7.89. The summed E-state index contributed by atoms with van der Waals surface area (Å²) in [6.45, 7) is 1.92. The molecule has 3 aromatic rings. The van der Waals surface area contributed by atoms with E-state index in [1.54, 1.807) is 24.3 Å². The molecule has 0 saturated heterocycles. The Morgan fingerprint density at radius 1 is 0.909 bits per heavy atom. The van der Waals surface area contributed by atoms with Crippen LogP contribution in [0.1, 0.15) is 42.4 Å². The van der Waals surface area contributed by atoms with Crippen LogP contribution in [0, 0.1) is 12.1 Å². The molecule has 0 spiro atoms. The maximum atomic E-state index is 13.8. The highest BCUT2D eigenvalue weighted by atomic mass is 32.2. The minimum absolute atomic E-state index is 0.228. The highest BCUT2D eigenvalue weighted by Crippen LogP contribution is 2.24. The molecule has 0 aliphatic heterocycles. The fraction of sp³-hybridized carbons (Fsp3) is 0.296. The second-order valence-electron chi connectivity index (χ2n) is 8.69. The standard InChI is InChI=1S/C27H30N2O3S/c1-21-16-18-24(19-17-21)33(31,32)28-25-14-8-9-15-26(25)29(30)27(23-12-6-3-7-13-23)20-22-10-4-2-5-11-22/h2-7,10-13,16-19,25-26,28H,8-9,14-15,20H2,1H3/b29-27-/t25-,26-/m1/s1. The summed E-state index contributed by atoms with van der Waals surface area (Å²) >= 11 is 0. The summed E-state index contributed by atoms with van der Waals surface area (Å²) in [5, 5.41) is 13.8. The number of nitrogens with zero attached hydrogens (tertiary/aromatic N) is 1. The van der Waals surface area contributed by atoms with Crippen LogP contribution >= 0.6 is 0 Å². The molecule has 172 valence electrons. The molecule has 0 amide bonds. The summed E-state index contributed by atoms with van der Waals surface area (Å²) in [4.78, 5) is 0.228. The van der Waals surface area contributed by atoms with E-state index in [0.717, 1.165) is 34.3 Å². The van der Waals surface area contributed by atoms with Gasteiger partial charge in [-0.25, -0.2) is 17.9 Å². The number of sulfonamides is 1. The summed E-state index contributed by atoms with van der Waals surface area (Å²) in [5.41, 5.74) is 3.57. The lowest BCUT2D eigenvalue weighted by atomic mass is 9.90. The van der Waals surface area contributed by atoms with Crippen molar-refractivity contribution >= 4 is 15.7 Å². The van der Waals surface area contributed by atoms with Crippen LogP contribution in [0.5, 0.6) is 0 Å². The first-order valence-electron chi connectivity index (χ1n) is 11.4. The number of hydrogen-bond donors (Lipinski definition) is 1. The van der Waals surface area contributed by atoms with Gasteiger partial charge in [0.05, 0.1) is 17.4 Å². The van der Waals surface area contributed by atoms with Gasteiger partial charge in [0.2, 0.25) is 10.0 Å². The largest absolute Gasteiger partial charge is 0.623 e. The molecule has 1 fully saturated rings. The minimum Gasteiger partial charge on any atom is -0.623 e. The molecule has 6 heteroatoms. The van der Waals surface area contributed by atoms with E-state index in [0.29, 0.717) is 25.0 Å². The second-order valence-corrected chi connectivity index (χ2v) is 10.4. The van der Waals surface area contributed by atoms with Crippen LogP contribution in [0.15, 0.2) is 89.8 Å². The first-order valence-corrected chi connectivity index (χ1v) is 12.9. The molecule has 3 aromatic carbocycles. The maximum Gasteiger partial charge on any atom is 0.241 e. The van der Waals surface area contributed by atoms with Crippen LogP contribution in [0.4, 0.5) is 0 Å². The van der Waals surface area contributed by atoms with Gasteiger partial charge in [0, 0.05) is 12.0 Å². The van der Waals surface area contributed by atoms with Crippen LogP contribution in [0.25, 0.3) is 0 Å². The fourth-order valence-electron chi connectivity index (χ4n) is 4.44. The van der Waals surface area contributed by atoms with Crippen molar-refractivity contribution in [1.82, 2.24) is 4.72 Å². The first kappa shape index (κ1) is 23.2. The van der Waals surface area contributed by atoms with Gasteiger partial charge in [0.25, 0.3) is 0 Å². The van der Waals surface area contributed by atoms with Crippen molar-refractivity contribution in [1.29, 1.82) is 0 Å². The molecular formula is C27H30N2O3S. The Morgan fingerprint density at radius 2 is 1.52 bits per heavy atom. The summed E-state index contributed by atoms with van der Waals surface area (Å²) in [5.74, 6) is 0. The summed E-state index contributed by atoms with van der Waals surface area (Å²) in [7, 11) is -3.72. The van der Waals surface area contributed by atoms with Gasteiger partial charge in [-0.2, -0.15) is 0 Å². The average Bonchev–Trinajstić information content (AvgIpc) is 2.84. The number of rotatable bonds is 7. The predicted octanol–water partition coefficient (Wildman–Crippen LogP) is 4.83. The van der Waals surface area contributed by atoms with E-state index >= 15 is 0 Å². The van der Waals surface area contributed by atoms with Gasteiger partial charge in [0.1, 0.15) is 0 Å². The predicted molar refractivity (Wildman–Crippen MR) is 132 cm³/mol. The zero-order valence-corrected chi connectivity index (χ0v) is 19.7. The van der Waals surface area contributed by atoms with Crippen LogP contribution in [-0.4, -0.2) is 31.0 Å². The molecule has 1 aliphatic carbocycles. The zero-order valence-electron chi connectivity index (χ0n) is 18.9. The average molecular weight is 463 g/mol. The molecular weight excluding hydrogens is 432 g/mol. The third kappa shape index (κ3) is 5.70. The van der Waals surface area contributed by atoms with Crippen LogP contribution in [0.3, 0.4) is 0 Å². The maximum absolute atomic E-state index is 13.8. The monoisotopic (exact) mass is 462 g/mol. The van der Waals surface area contributed by atoms with Crippen LogP contribution < -0.4 is 4.72 Å². The Morgan fingerprint density at radius 3 is 2.18 bits per heavy atom. The molecule has 0 bridgehead atoms. The van der Waals surface area contributed by atoms with Crippen LogP contribution in [0.2, 0.25) is 0 Å². The molecule has 1 aliphatic rings. The zero-order chi connectivity index (χ0) is 23.3. The molecule has 2 atom stereocenters. The molecule has 1 N–H and O–H groups in total. The first-order chi connectivity index (χ1) is 15.9. The molecule has 5 nitrogen and oxygen atoms in total. The highest BCUT2D eigenvalue weighted by Gasteiger charge is 2.36. The normalized spacial score (nSPS) is 19.7. The topological polar surface area (TPSA) is 72.2 Å². The molecule has 0 radical (unpaired) electrons. The molecule has 4 rings (SSSR count). The summed E-state index contributed by atoms with van der Waals surface area (Å²) in [6.07, 6.45) is 3.57. The van der Waals surface area contributed by atoms with Crippen molar-refractivity contribution in [3.63, 3.8) is 0 Å². The lowest BCUT2D eigenvalue weighted by Crippen LogP contribution is -2.50. The van der Waals surface area contributed by atoms with E-state index in [1.807, 2.05) is 67.6 Å². The summed E-state index contributed by atoms with van der Waals surface area (Å²) < 4.78 is 30.1. The minimum atomic E-state index is -3.72. The molecule has 1 saturated carbocycles. The Balaban J connectivity index is 1.68. The Bertz CT molecular complexity index is 1190. The molecule has 0 aromatic heterocycles. The third-order valence-electron chi connectivity index (χ3n) is 6.26. The van der Waals surface area contributed by atoms with Gasteiger partial charge >= 0.3 is 0 Å². The van der Waals surface area contributed by atoms with Gasteiger partial charge < -0.3 is 5.21 Å². The fourth-order valence-corrected chi connectivity index (χ4v) is 5.75. The van der Waals surface area contributed by atoms with Crippen molar-refractivity contribution in [3.8, 4) is 0 Å². The van der Waals surface area contributed by atoms with Crippen molar-refractivity contribution in [2.24, 2.45) is 0 Å². The van der Waals surface area contributed by atoms with E-state index in [2.05, 4.69) is 4.72 Å². The van der Waals surface area contributed by atoms with Gasteiger partial charge in [-0.1, -0.05) is 72.6 Å². The van der Waals surface area contributed by atoms with Gasteiger partial charge in [-0.15, -0.1) is 0 Å². The van der Waals surface area contributed by atoms with E-state index in [9.17, 15) is 13.6 Å². The van der Waals surface area contributed by atoms with Crippen LogP contribution in [-0.2, 0) is 16.4 Å². The van der Waals surface area contributed by atoms with E-state index in [-0.39, 0.29) is 4.90 Å². The quantitative estimate of drug-likeness (QED) is 0.237. The number of aryl methyl sites for hydroxylation is 1. The van der Waals surface area contributed by atoms with E-state index in [1.165, 1.54) is 0 Å². The lowest BCUT2D eigenvalue weighted by molar-refractivity contribution is -0.509. The Labute approximate surface area is 196 Å². The van der Waals surface area contributed by atoms with Crippen molar-refractivity contribution in [2.45, 2.75) is 56.0 Å². The number of hydrogen-bond acceptors (Lipinski definition) is 3. The Hall–Kier alpha value is -2.96. The third-order valence-corrected chi connectivity index (χ3v) is 7.76. The van der Waals surface area contributed by atoms with Gasteiger partial charge in [0.15, 0.2) is 11.8 Å². The van der Waals surface area contributed by atoms with Gasteiger partial charge in [-0.3, -0.25) is 0 Å². The summed E-state index contributed by atoms with van der Waals surface area (Å²) in [6, 6.07) is 25.5. The smallest absolute Gasteiger partial charge is 0.241 e. The molecule has 33 heavy (non-hydrogen) atoms. The number of hydroxylamine groups is 1. The number of benzene rings is 3.